The summed E-state index contributed by atoms with van der Waals surface area (Å²) in [6.45, 7) is 1.79. The summed E-state index contributed by atoms with van der Waals surface area (Å²) >= 11 is 0. The van der Waals surface area contributed by atoms with Crippen LogP contribution in [0.5, 0.6) is 0 Å². The number of rotatable bonds is 5. The van der Waals surface area contributed by atoms with Gasteiger partial charge in [-0.15, -0.1) is 0 Å². The first-order valence-electron chi connectivity index (χ1n) is 6.14. The summed E-state index contributed by atoms with van der Waals surface area (Å²) in [5.41, 5.74) is 2.41. The van der Waals surface area contributed by atoms with Gasteiger partial charge in [-0.3, -0.25) is 4.90 Å². The first-order chi connectivity index (χ1) is 8.78. The van der Waals surface area contributed by atoms with E-state index < -0.39 is 0 Å². The molecular weight excluding hydrogens is 222 g/mol. The Bertz CT molecular complexity index is 482. The van der Waals surface area contributed by atoms with Gasteiger partial charge in [-0.2, -0.15) is 0 Å². The molecule has 0 unspecified atom stereocenters. The molecule has 94 valence electrons. The maximum Gasteiger partial charge on any atom is 0.126 e. The van der Waals surface area contributed by atoms with Crippen molar-refractivity contribution in [3.8, 4) is 0 Å². The van der Waals surface area contributed by atoms with Gasteiger partial charge in [0.15, 0.2) is 0 Å². The highest BCUT2D eigenvalue weighted by Gasteiger charge is 2.03. The Morgan fingerprint density at radius 2 is 1.78 bits per heavy atom. The molecule has 0 atom stereocenters. The highest BCUT2D eigenvalue weighted by Crippen LogP contribution is 2.08. The van der Waals surface area contributed by atoms with Gasteiger partial charge in [0.25, 0.3) is 0 Å². The lowest BCUT2D eigenvalue weighted by Crippen LogP contribution is -2.18. The highest BCUT2D eigenvalue weighted by atomic mass is 15.1. The number of aromatic nitrogens is 1. The Kier molecular flexibility index (Phi) is 4.31. The van der Waals surface area contributed by atoms with Gasteiger partial charge in [0.1, 0.15) is 5.82 Å². The zero-order valence-corrected chi connectivity index (χ0v) is 10.9. The third-order valence-electron chi connectivity index (χ3n) is 2.79. The van der Waals surface area contributed by atoms with E-state index in [-0.39, 0.29) is 0 Å². The van der Waals surface area contributed by atoms with E-state index in [0.29, 0.717) is 0 Å². The van der Waals surface area contributed by atoms with Gasteiger partial charge in [-0.05, 0) is 24.7 Å². The van der Waals surface area contributed by atoms with Crippen LogP contribution in [0.4, 0.5) is 5.82 Å². The smallest absolute Gasteiger partial charge is 0.126 e. The number of anilines is 1. The molecule has 0 spiro atoms. The van der Waals surface area contributed by atoms with E-state index in [4.69, 9.17) is 0 Å². The molecule has 0 saturated carbocycles. The third kappa shape index (κ3) is 3.57. The SMILES string of the molecule is CNc1cccc(CN(C)Cc2ccccc2)n1. The molecule has 1 aromatic carbocycles. The summed E-state index contributed by atoms with van der Waals surface area (Å²) in [4.78, 5) is 6.78. The van der Waals surface area contributed by atoms with Crippen LogP contribution in [-0.4, -0.2) is 24.0 Å². The van der Waals surface area contributed by atoms with E-state index in [2.05, 4.69) is 52.6 Å². The maximum atomic E-state index is 4.52. The van der Waals surface area contributed by atoms with Crippen molar-refractivity contribution in [2.24, 2.45) is 0 Å². The van der Waals surface area contributed by atoms with Gasteiger partial charge < -0.3 is 5.32 Å². The van der Waals surface area contributed by atoms with Crippen LogP contribution in [0.3, 0.4) is 0 Å². The first kappa shape index (κ1) is 12.6. The fourth-order valence-electron chi connectivity index (χ4n) is 1.93. The first-order valence-corrected chi connectivity index (χ1v) is 6.14. The Balaban J connectivity index is 1.96. The minimum atomic E-state index is 0.852. The van der Waals surface area contributed by atoms with Crippen LogP contribution in [0, 0.1) is 0 Å². The van der Waals surface area contributed by atoms with Crippen LogP contribution >= 0.6 is 0 Å². The standard InChI is InChI=1S/C15H19N3/c1-16-15-10-6-9-14(17-15)12-18(2)11-13-7-4-3-5-8-13/h3-10H,11-12H2,1-2H3,(H,16,17). The fraction of sp³-hybridized carbons (Fsp3) is 0.267. The summed E-state index contributed by atoms with van der Waals surface area (Å²) < 4.78 is 0. The minimum absolute atomic E-state index is 0.852. The van der Waals surface area contributed by atoms with Crippen LogP contribution in [-0.2, 0) is 13.1 Å². The van der Waals surface area contributed by atoms with Gasteiger partial charge >= 0.3 is 0 Å². The molecule has 0 fully saturated rings. The Hall–Kier alpha value is -1.87. The molecule has 0 aliphatic heterocycles. The van der Waals surface area contributed by atoms with Crippen molar-refractivity contribution in [1.29, 1.82) is 0 Å². The molecule has 0 saturated heterocycles. The number of nitrogens with zero attached hydrogens (tertiary/aromatic N) is 2. The average molecular weight is 241 g/mol. The van der Waals surface area contributed by atoms with Crippen LogP contribution in [0.25, 0.3) is 0 Å². The Morgan fingerprint density at radius 3 is 2.50 bits per heavy atom. The van der Waals surface area contributed by atoms with Crippen LogP contribution in [0.1, 0.15) is 11.3 Å². The minimum Gasteiger partial charge on any atom is -0.373 e. The number of hydrogen-bond acceptors (Lipinski definition) is 3. The second-order valence-electron chi connectivity index (χ2n) is 4.42. The molecule has 1 aromatic heterocycles. The molecule has 1 heterocycles. The number of pyridine rings is 1. The third-order valence-corrected chi connectivity index (χ3v) is 2.79. The van der Waals surface area contributed by atoms with Crippen molar-refractivity contribution < 1.29 is 0 Å². The second-order valence-corrected chi connectivity index (χ2v) is 4.42. The molecule has 0 bridgehead atoms. The van der Waals surface area contributed by atoms with Gasteiger partial charge in [-0.25, -0.2) is 4.98 Å². The van der Waals surface area contributed by atoms with Crippen LogP contribution in [0.15, 0.2) is 48.5 Å². The fourth-order valence-corrected chi connectivity index (χ4v) is 1.93. The molecule has 18 heavy (non-hydrogen) atoms. The molecule has 0 aliphatic rings. The second kappa shape index (κ2) is 6.17. The molecule has 0 aliphatic carbocycles. The molecule has 0 amide bonds. The van der Waals surface area contributed by atoms with Crippen molar-refractivity contribution in [2.45, 2.75) is 13.1 Å². The highest BCUT2D eigenvalue weighted by molar-refractivity contribution is 5.34. The quantitative estimate of drug-likeness (QED) is 0.872. The van der Waals surface area contributed by atoms with Crippen molar-refractivity contribution in [3.05, 3.63) is 59.8 Å². The largest absolute Gasteiger partial charge is 0.373 e. The average Bonchev–Trinajstić information content (AvgIpc) is 2.40. The molecule has 2 aromatic rings. The number of nitrogens with one attached hydrogen (secondary N) is 1. The topological polar surface area (TPSA) is 28.2 Å². The predicted octanol–water partition coefficient (Wildman–Crippen LogP) is 2.76. The van der Waals surface area contributed by atoms with Crippen molar-refractivity contribution in [3.63, 3.8) is 0 Å². The molecule has 2 rings (SSSR count). The van der Waals surface area contributed by atoms with E-state index in [1.807, 2.05) is 25.2 Å². The van der Waals surface area contributed by atoms with E-state index in [1.165, 1.54) is 5.56 Å². The van der Waals surface area contributed by atoms with E-state index in [9.17, 15) is 0 Å². The molecule has 1 N–H and O–H groups in total. The summed E-state index contributed by atoms with van der Waals surface area (Å²) in [6, 6.07) is 16.5. The predicted molar refractivity (Wildman–Crippen MR) is 75.4 cm³/mol. The van der Waals surface area contributed by atoms with E-state index in [1.54, 1.807) is 0 Å². The molecule has 3 nitrogen and oxygen atoms in total. The zero-order valence-electron chi connectivity index (χ0n) is 10.9. The Labute approximate surface area is 108 Å². The van der Waals surface area contributed by atoms with E-state index in [0.717, 1.165) is 24.6 Å². The number of hydrogen-bond donors (Lipinski definition) is 1. The van der Waals surface area contributed by atoms with Gasteiger partial charge in [0.2, 0.25) is 0 Å². The Morgan fingerprint density at radius 1 is 1.00 bits per heavy atom. The monoisotopic (exact) mass is 241 g/mol. The lowest BCUT2D eigenvalue weighted by atomic mass is 10.2. The van der Waals surface area contributed by atoms with E-state index >= 15 is 0 Å². The summed E-state index contributed by atoms with van der Waals surface area (Å²) in [5.74, 6) is 0.917. The molecule has 0 radical (unpaired) electrons. The maximum absolute atomic E-state index is 4.52. The lowest BCUT2D eigenvalue weighted by molar-refractivity contribution is 0.315. The normalized spacial score (nSPS) is 10.6. The summed E-state index contributed by atoms with van der Waals surface area (Å²) in [7, 11) is 4.00. The lowest BCUT2D eigenvalue weighted by Gasteiger charge is -2.16. The van der Waals surface area contributed by atoms with Gasteiger partial charge in [-0.1, -0.05) is 36.4 Å². The van der Waals surface area contributed by atoms with Gasteiger partial charge in [0, 0.05) is 20.1 Å². The summed E-state index contributed by atoms with van der Waals surface area (Å²) in [5, 5.41) is 3.06. The molecular formula is C15H19N3. The van der Waals surface area contributed by atoms with Crippen molar-refractivity contribution in [1.82, 2.24) is 9.88 Å². The number of benzene rings is 1. The summed E-state index contributed by atoms with van der Waals surface area (Å²) in [6.07, 6.45) is 0. The van der Waals surface area contributed by atoms with Gasteiger partial charge in [0.05, 0.1) is 5.69 Å². The van der Waals surface area contributed by atoms with Crippen LogP contribution < -0.4 is 5.32 Å². The van der Waals surface area contributed by atoms with Crippen molar-refractivity contribution in [2.75, 3.05) is 19.4 Å². The molecule has 3 heteroatoms. The zero-order chi connectivity index (χ0) is 12.8. The van der Waals surface area contributed by atoms with Crippen molar-refractivity contribution >= 4 is 5.82 Å². The van der Waals surface area contributed by atoms with Crippen LogP contribution in [0.2, 0.25) is 0 Å².